The molecule has 1 aliphatic carbocycles. The van der Waals surface area contributed by atoms with Crippen molar-refractivity contribution in [3.8, 4) is 0 Å². The Morgan fingerprint density at radius 2 is 2.24 bits per heavy atom. The predicted molar refractivity (Wildman–Crippen MR) is 71.8 cm³/mol. The van der Waals surface area contributed by atoms with Crippen LogP contribution in [0.5, 0.6) is 0 Å². The molecule has 2 N–H and O–H groups in total. The van der Waals surface area contributed by atoms with Crippen molar-refractivity contribution in [1.82, 2.24) is 9.97 Å². The summed E-state index contributed by atoms with van der Waals surface area (Å²) < 4.78 is 0. The molecular formula is C13H21N3S. The summed E-state index contributed by atoms with van der Waals surface area (Å²) in [5, 5.41) is 1.55. The third kappa shape index (κ3) is 3.42. The van der Waals surface area contributed by atoms with Gasteiger partial charge in [0.2, 0.25) is 0 Å². The molecule has 1 aliphatic rings. The Morgan fingerprint density at radius 1 is 1.41 bits per heavy atom. The highest BCUT2D eigenvalue weighted by Gasteiger charge is 2.30. The lowest BCUT2D eigenvalue weighted by Crippen LogP contribution is -2.39. The molecule has 0 aliphatic heterocycles. The molecule has 0 bridgehead atoms. The van der Waals surface area contributed by atoms with E-state index in [1.165, 1.54) is 12.8 Å². The molecule has 94 valence electrons. The summed E-state index contributed by atoms with van der Waals surface area (Å²) in [6, 6.07) is 2.28. The van der Waals surface area contributed by atoms with E-state index in [2.05, 4.69) is 23.8 Å². The van der Waals surface area contributed by atoms with Crippen LogP contribution in [-0.4, -0.2) is 21.3 Å². The Hall–Kier alpha value is -0.610. The first-order chi connectivity index (χ1) is 8.16. The van der Waals surface area contributed by atoms with Gasteiger partial charge in [-0.25, -0.2) is 9.97 Å². The van der Waals surface area contributed by atoms with Gasteiger partial charge >= 0.3 is 0 Å². The number of rotatable bonds is 3. The van der Waals surface area contributed by atoms with E-state index in [4.69, 9.17) is 5.73 Å². The second kappa shape index (κ2) is 5.83. The van der Waals surface area contributed by atoms with Crippen LogP contribution in [0, 0.1) is 11.8 Å². The molecule has 0 radical (unpaired) electrons. The van der Waals surface area contributed by atoms with Gasteiger partial charge in [-0.2, -0.15) is 0 Å². The van der Waals surface area contributed by atoms with Crippen molar-refractivity contribution in [3.05, 3.63) is 18.6 Å². The predicted octanol–water partition coefficient (Wildman–Crippen LogP) is 2.72. The molecule has 0 saturated heterocycles. The number of hydrogen-bond donors (Lipinski definition) is 1. The molecule has 4 heteroatoms. The maximum absolute atomic E-state index is 6.22. The fourth-order valence-corrected chi connectivity index (χ4v) is 3.64. The summed E-state index contributed by atoms with van der Waals surface area (Å²) in [5.74, 6) is 1.57. The second-order valence-electron chi connectivity index (χ2n) is 5.18. The molecule has 0 aromatic carbocycles. The molecule has 3 unspecified atom stereocenters. The first-order valence-corrected chi connectivity index (χ1v) is 7.23. The molecule has 3 atom stereocenters. The van der Waals surface area contributed by atoms with Gasteiger partial charge in [-0.05, 0) is 37.2 Å². The maximum Gasteiger partial charge on any atom is 0.116 e. The van der Waals surface area contributed by atoms with Gasteiger partial charge in [-0.1, -0.05) is 13.8 Å². The van der Waals surface area contributed by atoms with Crippen LogP contribution < -0.4 is 5.73 Å². The summed E-state index contributed by atoms with van der Waals surface area (Å²) in [6.07, 6.45) is 7.04. The lowest BCUT2D eigenvalue weighted by atomic mass is 9.79. The largest absolute Gasteiger partial charge is 0.327 e. The van der Waals surface area contributed by atoms with Crippen molar-refractivity contribution in [3.63, 3.8) is 0 Å². The maximum atomic E-state index is 6.22. The fourth-order valence-electron chi connectivity index (χ4n) is 2.43. The summed E-state index contributed by atoms with van der Waals surface area (Å²) in [5.41, 5.74) is 6.22. The fraction of sp³-hybridized carbons (Fsp3) is 0.692. The van der Waals surface area contributed by atoms with Crippen LogP contribution in [-0.2, 0) is 0 Å². The number of nitrogens with two attached hydrogens (primary N) is 1. The van der Waals surface area contributed by atoms with Crippen molar-refractivity contribution in [2.75, 3.05) is 0 Å². The third-order valence-electron chi connectivity index (χ3n) is 3.65. The van der Waals surface area contributed by atoms with Crippen LogP contribution in [0.3, 0.4) is 0 Å². The zero-order valence-corrected chi connectivity index (χ0v) is 11.4. The molecule has 1 aromatic heterocycles. The normalized spacial score (nSPS) is 29.5. The number of nitrogens with zero attached hydrogens (tertiary/aromatic N) is 2. The standard InChI is InChI=1S/C13H21N3S/c1-9(2)10-3-4-11(14)12(7-10)17-13-5-6-15-8-16-13/h5-6,8-12H,3-4,7,14H2,1-2H3. The first-order valence-electron chi connectivity index (χ1n) is 6.35. The highest BCUT2D eigenvalue weighted by molar-refractivity contribution is 7.99. The van der Waals surface area contributed by atoms with Crippen molar-refractivity contribution < 1.29 is 0 Å². The molecule has 3 nitrogen and oxygen atoms in total. The molecule has 1 saturated carbocycles. The first kappa shape index (κ1) is 12.8. The molecule has 1 heterocycles. The number of hydrogen-bond acceptors (Lipinski definition) is 4. The van der Waals surface area contributed by atoms with Gasteiger partial charge in [-0.3, -0.25) is 0 Å². The van der Waals surface area contributed by atoms with Crippen molar-refractivity contribution in [2.45, 2.75) is 49.4 Å². The highest BCUT2D eigenvalue weighted by Crippen LogP contribution is 2.37. The Kier molecular flexibility index (Phi) is 4.40. The molecule has 0 amide bonds. The molecule has 17 heavy (non-hydrogen) atoms. The zero-order chi connectivity index (χ0) is 12.3. The SMILES string of the molecule is CC(C)C1CCC(N)C(Sc2ccncn2)C1. The Bertz CT molecular complexity index is 342. The highest BCUT2D eigenvalue weighted by atomic mass is 32.2. The third-order valence-corrected chi connectivity index (χ3v) is 4.98. The van der Waals surface area contributed by atoms with E-state index in [1.54, 1.807) is 12.5 Å². The van der Waals surface area contributed by atoms with Crippen LogP contribution in [0.25, 0.3) is 0 Å². The monoisotopic (exact) mass is 251 g/mol. The minimum absolute atomic E-state index is 0.310. The summed E-state index contributed by atoms with van der Waals surface area (Å²) >= 11 is 1.82. The van der Waals surface area contributed by atoms with E-state index in [9.17, 15) is 0 Å². The number of thioether (sulfide) groups is 1. The van der Waals surface area contributed by atoms with E-state index in [-0.39, 0.29) is 0 Å². The van der Waals surface area contributed by atoms with E-state index >= 15 is 0 Å². The quantitative estimate of drug-likeness (QED) is 0.839. The Morgan fingerprint density at radius 3 is 2.88 bits per heavy atom. The average Bonchev–Trinajstić information content (AvgIpc) is 2.33. The van der Waals surface area contributed by atoms with Gasteiger partial charge in [0, 0.05) is 17.5 Å². The zero-order valence-electron chi connectivity index (χ0n) is 10.5. The van der Waals surface area contributed by atoms with E-state index in [1.807, 2.05) is 17.8 Å². The van der Waals surface area contributed by atoms with Crippen LogP contribution in [0.4, 0.5) is 0 Å². The molecule has 1 aromatic rings. The van der Waals surface area contributed by atoms with Crippen LogP contribution in [0.15, 0.2) is 23.6 Å². The topological polar surface area (TPSA) is 51.8 Å². The minimum atomic E-state index is 0.310. The van der Waals surface area contributed by atoms with Gasteiger partial charge < -0.3 is 5.73 Å². The summed E-state index contributed by atoms with van der Waals surface area (Å²) in [4.78, 5) is 8.22. The van der Waals surface area contributed by atoms with Gasteiger partial charge in [0.05, 0.1) is 5.03 Å². The van der Waals surface area contributed by atoms with E-state index < -0.39 is 0 Å². The van der Waals surface area contributed by atoms with Gasteiger partial charge in [0.15, 0.2) is 0 Å². The van der Waals surface area contributed by atoms with Crippen molar-refractivity contribution >= 4 is 11.8 Å². The van der Waals surface area contributed by atoms with Crippen LogP contribution in [0.2, 0.25) is 0 Å². The molecule has 2 rings (SSSR count). The molecule has 0 spiro atoms. The van der Waals surface area contributed by atoms with Crippen LogP contribution >= 0.6 is 11.8 Å². The lowest BCUT2D eigenvalue weighted by Gasteiger charge is -2.35. The van der Waals surface area contributed by atoms with E-state index in [0.717, 1.165) is 23.3 Å². The smallest absolute Gasteiger partial charge is 0.116 e. The second-order valence-corrected chi connectivity index (χ2v) is 6.44. The van der Waals surface area contributed by atoms with Crippen molar-refractivity contribution in [2.24, 2.45) is 17.6 Å². The van der Waals surface area contributed by atoms with Gasteiger partial charge in [0.1, 0.15) is 6.33 Å². The Labute approximate surface area is 108 Å². The minimum Gasteiger partial charge on any atom is -0.327 e. The van der Waals surface area contributed by atoms with Crippen molar-refractivity contribution in [1.29, 1.82) is 0 Å². The average molecular weight is 251 g/mol. The molecule has 1 fully saturated rings. The Balaban J connectivity index is 1.99. The summed E-state index contributed by atoms with van der Waals surface area (Å²) in [7, 11) is 0. The summed E-state index contributed by atoms with van der Waals surface area (Å²) in [6.45, 7) is 4.63. The van der Waals surface area contributed by atoms with E-state index in [0.29, 0.717) is 11.3 Å². The number of aromatic nitrogens is 2. The van der Waals surface area contributed by atoms with Gasteiger partial charge in [0.25, 0.3) is 0 Å². The molecular weight excluding hydrogens is 230 g/mol. The van der Waals surface area contributed by atoms with Gasteiger partial charge in [-0.15, -0.1) is 11.8 Å². The van der Waals surface area contributed by atoms with Crippen LogP contribution in [0.1, 0.15) is 33.1 Å². The lowest BCUT2D eigenvalue weighted by molar-refractivity contribution is 0.266.